The van der Waals surface area contributed by atoms with Crippen molar-refractivity contribution in [3.8, 4) is 5.75 Å². The van der Waals surface area contributed by atoms with Gasteiger partial charge in [0, 0.05) is 12.1 Å². The van der Waals surface area contributed by atoms with Gasteiger partial charge in [-0.3, -0.25) is 0 Å². The molecule has 2 rings (SSSR count). The molecule has 1 aromatic heterocycles. The first-order chi connectivity index (χ1) is 9.31. The molecule has 0 unspecified atom stereocenters. The topological polar surface area (TPSA) is 35.0 Å². The molecule has 19 heavy (non-hydrogen) atoms. The van der Waals surface area contributed by atoms with Crippen molar-refractivity contribution in [2.45, 2.75) is 45.4 Å². The molecule has 104 valence electrons. The molecule has 0 saturated heterocycles. The molecule has 0 aliphatic heterocycles. The molecular weight excluding hydrogens is 263 g/mol. The Bertz CT molecular complexity index is 515. The van der Waals surface area contributed by atoms with E-state index >= 15 is 0 Å². The Balaban J connectivity index is 1.76. The Kier molecular flexibility index (Phi) is 5.51. The molecule has 0 radical (unpaired) electrons. The van der Waals surface area contributed by atoms with Gasteiger partial charge in [0.2, 0.25) is 0 Å². The van der Waals surface area contributed by atoms with Gasteiger partial charge in [0.15, 0.2) is 11.6 Å². The minimum absolute atomic E-state index is 0.286. The van der Waals surface area contributed by atoms with Crippen molar-refractivity contribution in [2.75, 3.05) is 6.61 Å². The van der Waals surface area contributed by atoms with Gasteiger partial charge in [0.05, 0.1) is 18.3 Å². The summed E-state index contributed by atoms with van der Waals surface area (Å²) in [4.78, 5) is 0. The lowest BCUT2D eigenvalue weighted by atomic mass is 10.1. The van der Waals surface area contributed by atoms with Crippen molar-refractivity contribution in [1.82, 2.24) is 8.75 Å². The monoisotopic (exact) mass is 282 g/mol. The summed E-state index contributed by atoms with van der Waals surface area (Å²) in [6, 6.07) is 3.01. The van der Waals surface area contributed by atoms with Crippen LogP contribution in [0.25, 0.3) is 11.0 Å². The van der Waals surface area contributed by atoms with Crippen molar-refractivity contribution in [3.63, 3.8) is 0 Å². The Morgan fingerprint density at radius 1 is 1.05 bits per heavy atom. The van der Waals surface area contributed by atoms with Crippen LogP contribution in [0.15, 0.2) is 12.1 Å². The molecule has 0 amide bonds. The van der Waals surface area contributed by atoms with Gasteiger partial charge < -0.3 is 4.74 Å². The van der Waals surface area contributed by atoms with Crippen LogP contribution in [0.2, 0.25) is 0 Å². The number of hydrogen-bond donors (Lipinski definition) is 0. The van der Waals surface area contributed by atoms with E-state index in [1.54, 1.807) is 6.07 Å². The third-order valence-electron chi connectivity index (χ3n) is 3.06. The first-order valence-corrected chi connectivity index (χ1v) is 7.59. The van der Waals surface area contributed by atoms with Crippen molar-refractivity contribution < 1.29 is 9.13 Å². The lowest BCUT2D eigenvalue weighted by Gasteiger charge is -2.07. The van der Waals surface area contributed by atoms with Crippen molar-refractivity contribution >= 4 is 22.8 Å². The molecular formula is C14H19FN2OS. The normalized spacial score (nSPS) is 11.1. The average Bonchev–Trinajstić information content (AvgIpc) is 2.84. The fourth-order valence-electron chi connectivity index (χ4n) is 1.96. The number of ether oxygens (including phenoxy) is 1. The lowest BCUT2D eigenvalue weighted by molar-refractivity contribution is 0.290. The molecule has 0 N–H and O–H groups in total. The van der Waals surface area contributed by atoms with E-state index in [0.29, 0.717) is 17.6 Å². The highest BCUT2D eigenvalue weighted by molar-refractivity contribution is 7.00. The average molecular weight is 282 g/mol. The van der Waals surface area contributed by atoms with E-state index in [-0.39, 0.29) is 11.6 Å². The Labute approximate surface area is 117 Å². The molecule has 1 heterocycles. The van der Waals surface area contributed by atoms with Crippen LogP contribution in [0.1, 0.15) is 45.4 Å². The standard InChI is InChI=1S/C14H19FN2OS/c1-2-3-4-5-6-7-8-18-14-10-13-12(9-11(14)15)16-19-17-13/h9-10H,2-8H2,1H3. The number of fused-ring (bicyclic) bond motifs is 1. The van der Waals surface area contributed by atoms with Gasteiger partial charge in [-0.15, -0.1) is 0 Å². The summed E-state index contributed by atoms with van der Waals surface area (Å²) in [5, 5.41) is 0. The molecule has 0 bridgehead atoms. The summed E-state index contributed by atoms with van der Waals surface area (Å²) in [6.45, 7) is 2.77. The predicted molar refractivity (Wildman–Crippen MR) is 76.2 cm³/mol. The van der Waals surface area contributed by atoms with Gasteiger partial charge in [-0.1, -0.05) is 39.0 Å². The second-order valence-electron chi connectivity index (χ2n) is 4.65. The maximum absolute atomic E-state index is 13.7. The maximum atomic E-state index is 13.7. The van der Waals surface area contributed by atoms with E-state index in [1.165, 1.54) is 31.7 Å². The van der Waals surface area contributed by atoms with E-state index in [9.17, 15) is 4.39 Å². The third-order valence-corrected chi connectivity index (χ3v) is 3.62. The van der Waals surface area contributed by atoms with Gasteiger partial charge in [-0.2, -0.15) is 8.75 Å². The van der Waals surface area contributed by atoms with Crippen LogP contribution in [0.3, 0.4) is 0 Å². The molecule has 0 atom stereocenters. The van der Waals surface area contributed by atoms with Crippen LogP contribution in [-0.2, 0) is 0 Å². The smallest absolute Gasteiger partial charge is 0.167 e. The third kappa shape index (κ3) is 4.13. The fraction of sp³-hybridized carbons (Fsp3) is 0.571. The van der Waals surface area contributed by atoms with Gasteiger partial charge in [-0.05, 0) is 6.42 Å². The fourth-order valence-corrected chi connectivity index (χ4v) is 2.47. The largest absolute Gasteiger partial charge is 0.490 e. The molecule has 5 heteroatoms. The summed E-state index contributed by atoms with van der Waals surface area (Å²) < 4.78 is 27.2. The number of hydrogen-bond acceptors (Lipinski definition) is 4. The zero-order valence-corrected chi connectivity index (χ0v) is 12.0. The Morgan fingerprint density at radius 3 is 2.53 bits per heavy atom. The molecule has 1 aromatic carbocycles. The quantitative estimate of drug-likeness (QED) is 0.665. The maximum Gasteiger partial charge on any atom is 0.167 e. The number of benzene rings is 1. The predicted octanol–water partition coefficient (Wildman–Crippen LogP) is 4.57. The summed E-state index contributed by atoms with van der Waals surface area (Å²) in [6.07, 6.45) is 7.17. The zero-order valence-electron chi connectivity index (χ0n) is 11.2. The number of unbranched alkanes of at least 4 members (excludes halogenated alkanes) is 5. The first kappa shape index (κ1) is 14.2. The highest BCUT2D eigenvalue weighted by atomic mass is 32.1. The minimum atomic E-state index is -0.355. The van der Waals surface area contributed by atoms with Crippen LogP contribution in [0.4, 0.5) is 4.39 Å². The summed E-state index contributed by atoms with van der Waals surface area (Å²) in [5.41, 5.74) is 1.29. The summed E-state index contributed by atoms with van der Waals surface area (Å²) in [7, 11) is 0. The molecule has 2 aromatic rings. The Morgan fingerprint density at radius 2 is 1.74 bits per heavy atom. The SMILES string of the molecule is CCCCCCCCOc1cc2nsnc2cc1F. The summed E-state index contributed by atoms with van der Waals surface area (Å²) in [5.74, 6) is -0.0695. The Hall–Kier alpha value is -1.23. The first-order valence-electron chi connectivity index (χ1n) is 6.86. The van der Waals surface area contributed by atoms with Crippen LogP contribution < -0.4 is 4.74 Å². The summed E-state index contributed by atoms with van der Waals surface area (Å²) >= 11 is 1.09. The van der Waals surface area contributed by atoms with Gasteiger partial charge in [0.1, 0.15) is 11.0 Å². The van der Waals surface area contributed by atoms with E-state index in [4.69, 9.17) is 4.74 Å². The molecule has 3 nitrogen and oxygen atoms in total. The number of halogens is 1. The van der Waals surface area contributed by atoms with Crippen LogP contribution in [0, 0.1) is 5.82 Å². The number of nitrogens with zero attached hydrogens (tertiary/aromatic N) is 2. The number of rotatable bonds is 8. The van der Waals surface area contributed by atoms with Crippen LogP contribution >= 0.6 is 11.7 Å². The molecule has 0 saturated carbocycles. The van der Waals surface area contributed by atoms with Crippen molar-refractivity contribution in [3.05, 3.63) is 17.9 Å². The molecule has 0 aliphatic rings. The highest BCUT2D eigenvalue weighted by Crippen LogP contribution is 2.23. The molecule has 0 spiro atoms. The van der Waals surface area contributed by atoms with Crippen molar-refractivity contribution in [1.29, 1.82) is 0 Å². The molecule has 0 aliphatic carbocycles. The van der Waals surface area contributed by atoms with E-state index in [0.717, 1.165) is 24.6 Å². The van der Waals surface area contributed by atoms with E-state index in [1.807, 2.05) is 0 Å². The lowest BCUT2D eigenvalue weighted by Crippen LogP contribution is -1.99. The zero-order chi connectivity index (χ0) is 13.5. The van der Waals surface area contributed by atoms with Gasteiger partial charge in [0.25, 0.3) is 0 Å². The van der Waals surface area contributed by atoms with E-state index in [2.05, 4.69) is 15.7 Å². The molecule has 0 fully saturated rings. The van der Waals surface area contributed by atoms with Gasteiger partial charge >= 0.3 is 0 Å². The second-order valence-corrected chi connectivity index (χ2v) is 5.18. The van der Waals surface area contributed by atoms with Gasteiger partial charge in [-0.25, -0.2) is 4.39 Å². The van der Waals surface area contributed by atoms with Crippen LogP contribution in [0.5, 0.6) is 5.75 Å². The van der Waals surface area contributed by atoms with Crippen LogP contribution in [-0.4, -0.2) is 15.4 Å². The number of aromatic nitrogens is 2. The van der Waals surface area contributed by atoms with Crippen molar-refractivity contribution in [2.24, 2.45) is 0 Å². The second kappa shape index (κ2) is 7.38. The highest BCUT2D eigenvalue weighted by Gasteiger charge is 2.08. The van der Waals surface area contributed by atoms with E-state index < -0.39 is 0 Å². The minimum Gasteiger partial charge on any atom is -0.490 e.